The van der Waals surface area contributed by atoms with E-state index in [2.05, 4.69) is 22.0 Å². The standard InChI is InChI=1S/C21H19F3N2O3/c1-27-18-7-6-14(8-19(18)29-13-21(22,23)24)20-25-17(12-28-20)11-26-9-15-4-2-3-5-16(15)10-26/h2-8,12H,9-11,13H2,1H3. The summed E-state index contributed by atoms with van der Waals surface area (Å²) in [6.45, 7) is 0.900. The van der Waals surface area contributed by atoms with Crippen molar-refractivity contribution in [1.29, 1.82) is 0 Å². The van der Waals surface area contributed by atoms with Crippen LogP contribution in [0.15, 0.2) is 53.1 Å². The van der Waals surface area contributed by atoms with Gasteiger partial charge in [0, 0.05) is 25.2 Å². The van der Waals surface area contributed by atoms with Crippen molar-refractivity contribution in [2.45, 2.75) is 25.8 Å². The van der Waals surface area contributed by atoms with E-state index in [1.165, 1.54) is 30.4 Å². The van der Waals surface area contributed by atoms with E-state index < -0.39 is 12.8 Å². The molecule has 0 saturated heterocycles. The van der Waals surface area contributed by atoms with Gasteiger partial charge in [0.2, 0.25) is 5.89 Å². The zero-order chi connectivity index (χ0) is 20.4. The molecular formula is C21H19F3N2O3. The minimum absolute atomic E-state index is 0.0166. The molecule has 2 heterocycles. The second-order valence-corrected chi connectivity index (χ2v) is 6.83. The van der Waals surface area contributed by atoms with Crippen LogP contribution in [-0.4, -0.2) is 29.8 Å². The molecule has 0 N–H and O–H groups in total. The quantitative estimate of drug-likeness (QED) is 0.590. The number of hydrogen-bond acceptors (Lipinski definition) is 5. The number of hydrogen-bond donors (Lipinski definition) is 0. The number of benzene rings is 2. The smallest absolute Gasteiger partial charge is 0.422 e. The maximum atomic E-state index is 12.5. The van der Waals surface area contributed by atoms with Gasteiger partial charge in [-0.2, -0.15) is 13.2 Å². The van der Waals surface area contributed by atoms with Gasteiger partial charge >= 0.3 is 6.18 Å². The largest absolute Gasteiger partial charge is 0.493 e. The molecule has 29 heavy (non-hydrogen) atoms. The summed E-state index contributed by atoms with van der Waals surface area (Å²) in [7, 11) is 1.37. The van der Waals surface area contributed by atoms with E-state index in [-0.39, 0.29) is 11.5 Å². The van der Waals surface area contributed by atoms with Crippen molar-refractivity contribution in [3.8, 4) is 23.0 Å². The normalized spacial score (nSPS) is 14.1. The molecule has 0 unspecified atom stereocenters. The van der Waals surface area contributed by atoms with Crippen molar-refractivity contribution in [3.63, 3.8) is 0 Å². The molecule has 2 aromatic carbocycles. The lowest BCUT2D eigenvalue weighted by Crippen LogP contribution is -2.19. The van der Waals surface area contributed by atoms with Crippen LogP contribution >= 0.6 is 0 Å². The first kappa shape index (κ1) is 19.3. The number of nitrogens with zero attached hydrogens (tertiary/aromatic N) is 2. The van der Waals surface area contributed by atoms with Crippen molar-refractivity contribution in [2.24, 2.45) is 0 Å². The van der Waals surface area contributed by atoms with Crippen LogP contribution in [0.4, 0.5) is 13.2 Å². The predicted octanol–water partition coefficient (Wildman–Crippen LogP) is 4.81. The van der Waals surface area contributed by atoms with Gasteiger partial charge in [-0.05, 0) is 29.3 Å². The summed E-state index contributed by atoms with van der Waals surface area (Å²) in [6, 6.07) is 12.9. The van der Waals surface area contributed by atoms with Crippen molar-refractivity contribution in [1.82, 2.24) is 9.88 Å². The van der Waals surface area contributed by atoms with Crippen LogP contribution in [-0.2, 0) is 19.6 Å². The number of rotatable bonds is 6. The van der Waals surface area contributed by atoms with E-state index in [0.717, 1.165) is 18.8 Å². The van der Waals surface area contributed by atoms with Crippen molar-refractivity contribution >= 4 is 0 Å². The number of ether oxygens (including phenoxy) is 2. The second-order valence-electron chi connectivity index (χ2n) is 6.83. The minimum atomic E-state index is -4.44. The third-order valence-corrected chi connectivity index (χ3v) is 4.65. The lowest BCUT2D eigenvalue weighted by Gasteiger charge is -2.13. The highest BCUT2D eigenvalue weighted by Gasteiger charge is 2.29. The number of fused-ring (bicyclic) bond motifs is 1. The zero-order valence-corrected chi connectivity index (χ0v) is 15.7. The fraction of sp³-hybridized carbons (Fsp3) is 0.286. The number of methoxy groups -OCH3 is 1. The van der Waals surface area contributed by atoms with Crippen LogP contribution in [0, 0.1) is 0 Å². The monoisotopic (exact) mass is 404 g/mol. The Kier molecular flexibility index (Phi) is 5.19. The Labute approximate surface area is 165 Å². The average molecular weight is 404 g/mol. The molecule has 0 bridgehead atoms. The molecule has 0 atom stereocenters. The molecule has 4 rings (SSSR count). The number of oxazole rings is 1. The topological polar surface area (TPSA) is 47.7 Å². The molecule has 0 saturated carbocycles. The lowest BCUT2D eigenvalue weighted by molar-refractivity contribution is -0.153. The van der Waals surface area contributed by atoms with Gasteiger partial charge in [0.25, 0.3) is 0 Å². The molecule has 1 aromatic heterocycles. The summed E-state index contributed by atoms with van der Waals surface area (Å²) < 4.78 is 53.0. The average Bonchev–Trinajstić information content (AvgIpc) is 3.32. The highest BCUT2D eigenvalue weighted by Crippen LogP contribution is 2.33. The van der Waals surface area contributed by atoms with Gasteiger partial charge in [-0.3, -0.25) is 4.90 Å². The van der Waals surface area contributed by atoms with Crippen LogP contribution in [0.3, 0.4) is 0 Å². The van der Waals surface area contributed by atoms with Gasteiger partial charge in [0.05, 0.1) is 12.8 Å². The molecule has 0 aliphatic carbocycles. The van der Waals surface area contributed by atoms with Crippen LogP contribution in [0.2, 0.25) is 0 Å². The molecule has 8 heteroatoms. The minimum Gasteiger partial charge on any atom is -0.493 e. The maximum absolute atomic E-state index is 12.5. The highest BCUT2D eigenvalue weighted by atomic mass is 19.4. The maximum Gasteiger partial charge on any atom is 0.422 e. The summed E-state index contributed by atoms with van der Waals surface area (Å²) in [6.07, 6.45) is -2.87. The van der Waals surface area contributed by atoms with Crippen molar-refractivity contribution in [3.05, 3.63) is 65.5 Å². The van der Waals surface area contributed by atoms with Crippen LogP contribution in [0.25, 0.3) is 11.5 Å². The first-order valence-corrected chi connectivity index (χ1v) is 9.03. The molecule has 1 aliphatic heterocycles. The highest BCUT2D eigenvalue weighted by molar-refractivity contribution is 5.60. The van der Waals surface area contributed by atoms with Gasteiger partial charge in [-0.1, -0.05) is 24.3 Å². The fourth-order valence-electron chi connectivity index (χ4n) is 3.34. The molecule has 152 valence electrons. The molecule has 0 amide bonds. The van der Waals surface area contributed by atoms with E-state index in [0.29, 0.717) is 18.0 Å². The Morgan fingerprint density at radius 2 is 1.79 bits per heavy atom. The van der Waals surface area contributed by atoms with E-state index in [1.807, 2.05) is 12.1 Å². The molecule has 0 spiro atoms. The SMILES string of the molecule is COc1ccc(-c2nc(CN3Cc4ccccc4C3)co2)cc1OCC(F)(F)F. The second kappa shape index (κ2) is 7.79. The van der Waals surface area contributed by atoms with Crippen LogP contribution in [0.5, 0.6) is 11.5 Å². The van der Waals surface area contributed by atoms with Gasteiger partial charge in [0.15, 0.2) is 18.1 Å². The summed E-state index contributed by atoms with van der Waals surface area (Å²) in [5, 5.41) is 0. The van der Waals surface area contributed by atoms with Gasteiger partial charge in [0.1, 0.15) is 6.26 Å². The summed E-state index contributed by atoms with van der Waals surface area (Å²) in [5.41, 5.74) is 3.87. The van der Waals surface area contributed by atoms with Gasteiger partial charge in [-0.25, -0.2) is 4.98 Å². The fourth-order valence-corrected chi connectivity index (χ4v) is 3.34. The predicted molar refractivity (Wildman–Crippen MR) is 99.4 cm³/mol. The first-order chi connectivity index (χ1) is 13.9. The van der Waals surface area contributed by atoms with E-state index in [4.69, 9.17) is 13.9 Å². The molecule has 0 fully saturated rings. The molecule has 0 radical (unpaired) electrons. The first-order valence-electron chi connectivity index (χ1n) is 9.03. The Balaban J connectivity index is 1.48. The number of aromatic nitrogens is 1. The third kappa shape index (κ3) is 4.54. The Bertz CT molecular complexity index is 976. The molecule has 3 aromatic rings. The van der Waals surface area contributed by atoms with E-state index >= 15 is 0 Å². The number of alkyl halides is 3. The van der Waals surface area contributed by atoms with Crippen LogP contribution < -0.4 is 9.47 Å². The van der Waals surface area contributed by atoms with Gasteiger partial charge < -0.3 is 13.9 Å². The van der Waals surface area contributed by atoms with Gasteiger partial charge in [-0.15, -0.1) is 0 Å². The Morgan fingerprint density at radius 3 is 2.45 bits per heavy atom. The Hall–Kier alpha value is -3.00. The van der Waals surface area contributed by atoms with Crippen molar-refractivity contribution in [2.75, 3.05) is 13.7 Å². The molecule has 5 nitrogen and oxygen atoms in total. The summed E-state index contributed by atoms with van der Waals surface area (Å²) >= 11 is 0. The zero-order valence-electron chi connectivity index (χ0n) is 15.7. The summed E-state index contributed by atoms with van der Waals surface area (Å²) in [5.74, 6) is 0.507. The van der Waals surface area contributed by atoms with E-state index in [1.54, 1.807) is 12.3 Å². The van der Waals surface area contributed by atoms with Crippen molar-refractivity contribution < 1.29 is 27.1 Å². The third-order valence-electron chi connectivity index (χ3n) is 4.65. The molecular weight excluding hydrogens is 385 g/mol. The number of halogens is 3. The van der Waals surface area contributed by atoms with E-state index in [9.17, 15) is 13.2 Å². The lowest BCUT2D eigenvalue weighted by atomic mass is 10.1. The summed E-state index contributed by atoms with van der Waals surface area (Å²) in [4.78, 5) is 6.73. The Morgan fingerprint density at radius 1 is 1.07 bits per heavy atom. The van der Waals surface area contributed by atoms with Crippen LogP contribution in [0.1, 0.15) is 16.8 Å². The molecule has 1 aliphatic rings.